The summed E-state index contributed by atoms with van der Waals surface area (Å²) in [5.74, 6) is -1.05. The molecule has 1 aromatic carbocycles. The summed E-state index contributed by atoms with van der Waals surface area (Å²) in [5, 5.41) is 11.7. The molecule has 0 aliphatic carbocycles. The lowest BCUT2D eigenvalue weighted by Gasteiger charge is -2.31. The smallest absolute Gasteiger partial charge is 0.334 e. The second-order valence-corrected chi connectivity index (χ2v) is 5.12. The number of hydrogen-bond donors (Lipinski definition) is 2. The highest BCUT2D eigenvalue weighted by Crippen LogP contribution is 2.25. The zero-order valence-electron chi connectivity index (χ0n) is 11.0. The van der Waals surface area contributed by atoms with Crippen LogP contribution in [0.1, 0.15) is 0 Å². The van der Waals surface area contributed by atoms with E-state index in [1.807, 2.05) is 30.5 Å². The normalized spacial score (nSPS) is 18.6. The molecule has 20 heavy (non-hydrogen) atoms. The molecule has 108 valence electrons. The average Bonchev–Trinajstić information content (AvgIpc) is 2.48. The zero-order valence-corrected chi connectivity index (χ0v) is 11.9. The number of carboxylic acids is 1. The number of para-hydroxylation sites is 1. The maximum atomic E-state index is 12.2. The second-order valence-electron chi connectivity index (χ2n) is 4.27. The third kappa shape index (κ3) is 3.43. The molecule has 1 saturated heterocycles. The molecule has 1 aliphatic rings. The van der Waals surface area contributed by atoms with Gasteiger partial charge in [-0.1, -0.05) is 12.1 Å². The molecule has 0 aromatic heterocycles. The highest BCUT2D eigenvalue weighted by Gasteiger charge is 2.29. The van der Waals surface area contributed by atoms with Crippen LogP contribution in [-0.4, -0.2) is 54.1 Å². The number of nitrogens with zero attached hydrogens (tertiary/aromatic N) is 1. The zero-order chi connectivity index (χ0) is 14.5. The van der Waals surface area contributed by atoms with Crippen molar-refractivity contribution < 1.29 is 19.4 Å². The summed E-state index contributed by atoms with van der Waals surface area (Å²) >= 11 is 1.54. The standard InChI is InChI=1S/C13H16N2O4S/c1-20-11-5-3-2-4-9(11)14-13(18)15-6-7-19-10(8-15)12(16)17/h2-5,10H,6-8H2,1H3,(H,14,18)(H,16,17). The Morgan fingerprint density at radius 2 is 2.20 bits per heavy atom. The van der Waals surface area contributed by atoms with E-state index in [4.69, 9.17) is 9.84 Å². The first-order valence-electron chi connectivity index (χ1n) is 6.15. The van der Waals surface area contributed by atoms with Crippen molar-refractivity contribution in [2.45, 2.75) is 11.0 Å². The molecule has 0 bridgehead atoms. The molecule has 2 amide bonds. The quantitative estimate of drug-likeness (QED) is 0.830. The van der Waals surface area contributed by atoms with E-state index in [2.05, 4.69) is 5.32 Å². The second kappa shape index (κ2) is 6.62. The molecule has 6 nitrogen and oxygen atoms in total. The fourth-order valence-electron chi connectivity index (χ4n) is 1.93. The number of nitrogens with one attached hydrogen (secondary N) is 1. The summed E-state index contributed by atoms with van der Waals surface area (Å²) in [5.41, 5.74) is 0.725. The van der Waals surface area contributed by atoms with Gasteiger partial charge in [0.1, 0.15) is 0 Å². The Hall–Kier alpha value is -1.73. The highest BCUT2D eigenvalue weighted by molar-refractivity contribution is 7.98. The van der Waals surface area contributed by atoms with Crippen LogP contribution >= 0.6 is 11.8 Å². The van der Waals surface area contributed by atoms with Crippen LogP contribution in [0.4, 0.5) is 10.5 Å². The topological polar surface area (TPSA) is 78.9 Å². The minimum absolute atomic E-state index is 0.0581. The number of carboxylic acid groups (broad SMARTS) is 1. The van der Waals surface area contributed by atoms with Crippen molar-refractivity contribution in [2.75, 3.05) is 31.3 Å². The first-order chi connectivity index (χ1) is 9.61. The summed E-state index contributed by atoms with van der Waals surface area (Å²) in [7, 11) is 0. The molecule has 0 spiro atoms. The number of aliphatic carboxylic acids is 1. The van der Waals surface area contributed by atoms with Crippen LogP contribution < -0.4 is 5.32 Å². The lowest BCUT2D eigenvalue weighted by Crippen LogP contribution is -2.49. The van der Waals surface area contributed by atoms with Crippen LogP contribution in [-0.2, 0) is 9.53 Å². The molecule has 1 aliphatic heterocycles. The monoisotopic (exact) mass is 296 g/mol. The first-order valence-corrected chi connectivity index (χ1v) is 7.37. The Kier molecular flexibility index (Phi) is 4.86. The Morgan fingerprint density at radius 3 is 2.90 bits per heavy atom. The van der Waals surface area contributed by atoms with E-state index in [0.717, 1.165) is 10.6 Å². The van der Waals surface area contributed by atoms with Gasteiger partial charge < -0.3 is 20.1 Å². The number of anilines is 1. The van der Waals surface area contributed by atoms with Gasteiger partial charge in [0.25, 0.3) is 0 Å². The minimum atomic E-state index is -1.05. The molecule has 1 heterocycles. The van der Waals surface area contributed by atoms with Crippen LogP contribution in [0.25, 0.3) is 0 Å². The molecular formula is C13H16N2O4S. The number of carbonyl (C=O) groups excluding carboxylic acids is 1. The van der Waals surface area contributed by atoms with Crippen molar-refractivity contribution in [3.63, 3.8) is 0 Å². The number of rotatable bonds is 3. The molecule has 7 heteroatoms. The van der Waals surface area contributed by atoms with Gasteiger partial charge >= 0.3 is 12.0 Å². The summed E-state index contributed by atoms with van der Waals surface area (Å²) in [6, 6.07) is 7.17. The fraction of sp³-hybridized carbons (Fsp3) is 0.385. The van der Waals surface area contributed by atoms with Crippen molar-refractivity contribution in [3.8, 4) is 0 Å². The summed E-state index contributed by atoms with van der Waals surface area (Å²) in [4.78, 5) is 25.5. The Labute approximate surface area is 121 Å². The summed E-state index contributed by atoms with van der Waals surface area (Å²) in [6.07, 6.45) is 0.977. The van der Waals surface area contributed by atoms with E-state index < -0.39 is 12.1 Å². The van der Waals surface area contributed by atoms with Gasteiger partial charge in [0.15, 0.2) is 6.10 Å². The van der Waals surface area contributed by atoms with Gasteiger partial charge in [-0.25, -0.2) is 9.59 Å². The summed E-state index contributed by atoms with van der Waals surface area (Å²) < 4.78 is 5.09. The lowest BCUT2D eigenvalue weighted by atomic mass is 10.3. The van der Waals surface area contributed by atoms with Crippen molar-refractivity contribution in [3.05, 3.63) is 24.3 Å². The van der Waals surface area contributed by atoms with Gasteiger partial charge in [0.2, 0.25) is 0 Å². The molecule has 2 N–H and O–H groups in total. The predicted molar refractivity (Wildman–Crippen MR) is 76.2 cm³/mol. The fourth-order valence-corrected chi connectivity index (χ4v) is 2.48. The lowest BCUT2D eigenvalue weighted by molar-refractivity contribution is -0.154. The van der Waals surface area contributed by atoms with Crippen molar-refractivity contribution in [1.29, 1.82) is 0 Å². The van der Waals surface area contributed by atoms with Crippen molar-refractivity contribution >= 4 is 29.4 Å². The highest BCUT2D eigenvalue weighted by atomic mass is 32.2. The number of carbonyl (C=O) groups is 2. The van der Waals surface area contributed by atoms with Gasteiger partial charge in [-0.05, 0) is 18.4 Å². The molecule has 1 aromatic rings. The van der Waals surface area contributed by atoms with E-state index in [9.17, 15) is 9.59 Å². The molecule has 0 radical (unpaired) electrons. The number of ether oxygens (including phenoxy) is 1. The molecule has 1 unspecified atom stereocenters. The van der Waals surface area contributed by atoms with Crippen molar-refractivity contribution in [1.82, 2.24) is 4.90 Å². The van der Waals surface area contributed by atoms with Crippen LogP contribution in [0.3, 0.4) is 0 Å². The third-order valence-corrected chi connectivity index (χ3v) is 3.77. The Balaban J connectivity index is 2.02. The van der Waals surface area contributed by atoms with Gasteiger partial charge in [-0.3, -0.25) is 0 Å². The van der Waals surface area contributed by atoms with Crippen LogP contribution in [0.15, 0.2) is 29.2 Å². The van der Waals surface area contributed by atoms with Gasteiger partial charge in [0.05, 0.1) is 18.8 Å². The molecule has 1 atom stereocenters. The number of urea groups is 1. The number of thioether (sulfide) groups is 1. The van der Waals surface area contributed by atoms with E-state index in [0.29, 0.717) is 6.54 Å². The van der Waals surface area contributed by atoms with Gasteiger partial charge in [-0.15, -0.1) is 11.8 Å². The Bertz CT molecular complexity index is 509. The SMILES string of the molecule is CSc1ccccc1NC(=O)N1CCOC(C(=O)O)C1. The number of morpholine rings is 1. The first kappa shape index (κ1) is 14.7. The number of hydrogen-bond acceptors (Lipinski definition) is 4. The van der Waals surface area contributed by atoms with Crippen LogP contribution in [0.5, 0.6) is 0 Å². The van der Waals surface area contributed by atoms with Crippen LogP contribution in [0.2, 0.25) is 0 Å². The van der Waals surface area contributed by atoms with E-state index in [-0.39, 0.29) is 19.2 Å². The largest absolute Gasteiger partial charge is 0.479 e. The van der Waals surface area contributed by atoms with Crippen LogP contribution in [0, 0.1) is 0 Å². The van der Waals surface area contributed by atoms with E-state index in [1.165, 1.54) is 16.7 Å². The average molecular weight is 296 g/mol. The number of benzene rings is 1. The van der Waals surface area contributed by atoms with Gasteiger partial charge in [-0.2, -0.15) is 0 Å². The van der Waals surface area contributed by atoms with Gasteiger partial charge in [0, 0.05) is 11.4 Å². The molecule has 0 saturated carbocycles. The minimum Gasteiger partial charge on any atom is -0.479 e. The maximum absolute atomic E-state index is 12.2. The maximum Gasteiger partial charge on any atom is 0.334 e. The van der Waals surface area contributed by atoms with E-state index in [1.54, 1.807) is 0 Å². The van der Waals surface area contributed by atoms with E-state index >= 15 is 0 Å². The molecule has 1 fully saturated rings. The number of amides is 2. The molecule has 2 rings (SSSR count). The van der Waals surface area contributed by atoms with Crippen molar-refractivity contribution in [2.24, 2.45) is 0 Å². The summed E-state index contributed by atoms with van der Waals surface area (Å²) in [6.45, 7) is 0.675. The predicted octanol–water partition coefficient (Wildman–Crippen LogP) is 1.73. The third-order valence-electron chi connectivity index (χ3n) is 2.98. The Morgan fingerprint density at radius 1 is 1.45 bits per heavy atom. The molecular weight excluding hydrogens is 280 g/mol.